The standard InChI is InChI=1S/C13H16BrFN4/c14-10-3-1-2-9-4-5-11(12(9)10)19-13(18-8-16)17-7-6-15/h1-3,9,11-12H,4-7H2,(H2,17,18,19). The van der Waals surface area contributed by atoms with Crippen molar-refractivity contribution >= 4 is 21.9 Å². The van der Waals surface area contributed by atoms with Gasteiger partial charge in [0.1, 0.15) is 6.67 Å². The Balaban J connectivity index is 2.04. The van der Waals surface area contributed by atoms with E-state index in [9.17, 15) is 4.39 Å². The number of alkyl halides is 1. The molecule has 0 aromatic rings. The SMILES string of the molecule is N#CNC(=NCCF)NC1CCC2C=CC=C(Br)C21. The highest BCUT2D eigenvalue weighted by Crippen LogP contribution is 2.42. The first-order valence-corrected chi connectivity index (χ1v) is 7.11. The van der Waals surface area contributed by atoms with Gasteiger partial charge in [0.05, 0.1) is 6.54 Å². The molecule has 0 aromatic heterocycles. The van der Waals surface area contributed by atoms with Crippen LogP contribution in [0.5, 0.6) is 0 Å². The van der Waals surface area contributed by atoms with Gasteiger partial charge in [-0.05, 0) is 18.8 Å². The van der Waals surface area contributed by atoms with Gasteiger partial charge in [0.25, 0.3) is 0 Å². The van der Waals surface area contributed by atoms with Crippen LogP contribution in [0.4, 0.5) is 4.39 Å². The van der Waals surface area contributed by atoms with Crippen molar-refractivity contribution in [2.24, 2.45) is 16.8 Å². The summed E-state index contributed by atoms with van der Waals surface area (Å²) in [6, 6.07) is 0.208. The fourth-order valence-corrected chi connectivity index (χ4v) is 3.52. The first kappa shape index (κ1) is 14.1. The largest absolute Gasteiger partial charge is 0.352 e. The van der Waals surface area contributed by atoms with Crippen LogP contribution in [0.3, 0.4) is 0 Å². The number of aliphatic imine (C=N–C) groups is 1. The van der Waals surface area contributed by atoms with Crippen LogP contribution in [0.25, 0.3) is 0 Å². The number of nitrogens with one attached hydrogen (secondary N) is 2. The van der Waals surface area contributed by atoms with Crippen molar-refractivity contribution in [3.63, 3.8) is 0 Å². The van der Waals surface area contributed by atoms with E-state index in [1.165, 1.54) is 0 Å². The molecule has 1 saturated carbocycles. The number of nitriles is 1. The van der Waals surface area contributed by atoms with E-state index < -0.39 is 6.67 Å². The number of rotatable bonds is 3. The molecule has 102 valence electrons. The highest BCUT2D eigenvalue weighted by Gasteiger charge is 2.37. The molecular weight excluding hydrogens is 311 g/mol. The molecule has 0 radical (unpaired) electrons. The molecule has 1 fully saturated rings. The second-order valence-electron chi connectivity index (χ2n) is 4.61. The minimum Gasteiger partial charge on any atom is -0.352 e. The van der Waals surface area contributed by atoms with Crippen LogP contribution >= 0.6 is 15.9 Å². The molecule has 2 rings (SSSR count). The number of halogens is 2. The van der Waals surface area contributed by atoms with Gasteiger partial charge in [-0.1, -0.05) is 34.2 Å². The summed E-state index contributed by atoms with van der Waals surface area (Å²) in [5.74, 6) is 1.24. The van der Waals surface area contributed by atoms with Crippen LogP contribution < -0.4 is 10.6 Å². The topological polar surface area (TPSA) is 60.2 Å². The van der Waals surface area contributed by atoms with E-state index in [1.54, 1.807) is 0 Å². The van der Waals surface area contributed by atoms with Crippen molar-refractivity contribution < 1.29 is 4.39 Å². The average Bonchev–Trinajstić information content (AvgIpc) is 2.81. The Morgan fingerprint density at radius 3 is 3.16 bits per heavy atom. The lowest BCUT2D eigenvalue weighted by Crippen LogP contribution is -2.44. The maximum atomic E-state index is 12.2. The van der Waals surface area contributed by atoms with E-state index in [-0.39, 0.29) is 12.6 Å². The Morgan fingerprint density at radius 2 is 2.42 bits per heavy atom. The summed E-state index contributed by atoms with van der Waals surface area (Å²) >= 11 is 3.60. The van der Waals surface area contributed by atoms with Gasteiger partial charge in [-0.2, -0.15) is 5.26 Å². The summed E-state index contributed by atoms with van der Waals surface area (Å²) in [4.78, 5) is 4.00. The summed E-state index contributed by atoms with van der Waals surface area (Å²) in [5.41, 5.74) is 0. The number of fused-ring (bicyclic) bond motifs is 1. The van der Waals surface area contributed by atoms with Crippen molar-refractivity contribution in [3.8, 4) is 6.19 Å². The summed E-state index contributed by atoms with van der Waals surface area (Å²) in [6.07, 6.45) is 10.3. The monoisotopic (exact) mass is 326 g/mol. The van der Waals surface area contributed by atoms with Crippen LogP contribution in [-0.4, -0.2) is 25.2 Å². The zero-order chi connectivity index (χ0) is 13.7. The summed E-state index contributed by atoms with van der Waals surface area (Å²) in [7, 11) is 0. The van der Waals surface area contributed by atoms with Crippen molar-refractivity contribution in [1.82, 2.24) is 10.6 Å². The maximum Gasteiger partial charge on any atom is 0.205 e. The predicted octanol–water partition coefficient (Wildman–Crippen LogP) is 2.22. The van der Waals surface area contributed by atoms with Crippen molar-refractivity contribution in [2.45, 2.75) is 18.9 Å². The van der Waals surface area contributed by atoms with Crippen LogP contribution in [0.2, 0.25) is 0 Å². The molecule has 0 bridgehead atoms. The molecule has 0 aliphatic heterocycles. The Hall–Kier alpha value is -1.35. The highest BCUT2D eigenvalue weighted by atomic mass is 79.9. The molecule has 3 unspecified atom stereocenters. The molecule has 2 aliphatic carbocycles. The molecule has 0 amide bonds. The van der Waals surface area contributed by atoms with Gasteiger partial charge in [-0.3, -0.25) is 5.32 Å². The van der Waals surface area contributed by atoms with Crippen LogP contribution in [0, 0.1) is 23.3 Å². The molecule has 6 heteroatoms. The van der Waals surface area contributed by atoms with Crippen molar-refractivity contribution in [2.75, 3.05) is 13.2 Å². The zero-order valence-electron chi connectivity index (χ0n) is 10.4. The Kier molecular flexibility index (Phi) is 4.97. The molecule has 0 saturated heterocycles. The fourth-order valence-electron chi connectivity index (χ4n) is 2.71. The number of guanidine groups is 1. The molecule has 0 aromatic carbocycles. The molecule has 0 spiro atoms. The number of hydrogen-bond donors (Lipinski definition) is 2. The number of allylic oxidation sites excluding steroid dienone is 3. The van der Waals surface area contributed by atoms with E-state index in [4.69, 9.17) is 5.26 Å². The zero-order valence-corrected chi connectivity index (χ0v) is 12.0. The Morgan fingerprint density at radius 1 is 1.58 bits per heavy atom. The molecule has 2 aliphatic rings. The summed E-state index contributed by atoms with van der Waals surface area (Å²) < 4.78 is 13.3. The smallest absolute Gasteiger partial charge is 0.205 e. The third kappa shape index (κ3) is 3.35. The minimum atomic E-state index is -0.526. The Labute approximate surface area is 120 Å². The second kappa shape index (κ2) is 6.71. The van der Waals surface area contributed by atoms with Gasteiger partial charge >= 0.3 is 0 Å². The first-order chi connectivity index (χ1) is 9.26. The predicted molar refractivity (Wildman–Crippen MR) is 76.3 cm³/mol. The van der Waals surface area contributed by atoms with Gasteiger partial charge in [0.15, 0.2) is 6.19 Å². The first-order valence-electron chi connectivity index (χ1n) is 6.32. The van der Waals surface area contributed by atoms with Gasteiger partial charge in [-0.25, -0.2) is 9.38 Å². The quantitative estimate of drug-likeness (QED) is 0.362. The van der Waals surface area contributed by atoms with Crippen LogP contribution in [0.1, 0.15) is 12.8 Å². The molecule has 19 heavy (non-hydrogen) atoms. The van der Waals surface area contributed by atoms with Gasteiger partial charge in [0.2, 0.25) is 5.96 Å². The molecule has 2 N–H and O–H groups in total. The van der Waals surface area contributed by atoms with Crippen LogP contribution in [-0.2, 0) is 0 Å². The number of hydrogen-bond acceptors (Lipinski definition) is 2. The normalized spacial score (nSPS) is 29.4. The van der Waals surface area contributed by atoms with E-state index >= 15 is 0 Å². The fraction of sp³-hybridized carbons (Fsp3) is 0.538. The van der Waals surface area contributed by atoms with E-state index in [0.29, 0.717) is 17.8 Å². The van der Waals surface area contributed by atoms with E-state index in [0.717, 1.165) is 17.3 Å². The molecular formula is C13H16BrFN4. The van der Waals surface area contributed by atoms with Gasteiger partial charge in [-0.15, -0.1) is 0 Å². The lowest BCUT2D eigenvalue weighted by atomic mass is 9.90. The maximum absolute atomic E-state index is 12.2. The van der Waals surface area contributed by atoms with Gasteiger partial charge in [0, 0.05) is 16.4 Å². The van der Waals surface area contributed by atoms with Crippen molar-refractivity contribution in [3.05, 3.63) is 22.7 Å². The Bertz CT molecular complexity index is 452. The second-order valence-corrected chi connectivity index (χ2v) is 5.53. The third-order valence-corrected chi connectivity index (χ3v) is 4.28. The molecule has 3 atom stereocenters. The van der Waals surface area contributed by atoms with E-state index in [2.05, 4.69) is 49.8 Å². The van der Waals surface area contributed by atoms with Gasteiger partial charge < -0.3 is 5.32 Å². The molecule has 0 heterocycles. The van der Waals surface area contributed by atoms with Crippen LogP contribution in [0.15, 0.2) is 27.7 Å². The lowest BCUT2D eigenvalue weighted by Gasteiger charge is -2.26. The lowest BCUT2D eigenvalue weighted by molar-refractivity contribution is 0.465. The third-order valence-electron chi connectivity index (χ3n) is 3.49. The number of nitrogens with zero attached hydrogens (tertiary/aromatic N) is 2. The van der Waals surface area contributed by atoms with Crippen molar-refractivity contribution in [1.29, 1.82) is 5.26 Å². The average molecular weight is 327 g/mol. The summed E-state index contributed by atoms with van der Waals surface area (Å²) in [5, 5.41) is 14.4. The van der Waals surface area contributed by atoms with E-state index in [1.807, 2.05) is 6.19 Å². The highest BCUT2D eigenvalue weighted by molar-refractivity contribution is 9.11. The molecule has 4 nitrogen and oxygen atoms in total. The minimum absolute atomic E-state index is 0.0642. The summed E-state index contributed by atoms with van der Waals surface area (Å²) in [6.45, 7) is -0.462.